The molecule has 1 aromatic heterocycles. The quantitative estimate of drug-likeness (QED) is 0.208. The summed E-state index contributed by atoms with van der Waals surface area (Å²) in [5.41, 5.74) is 11.2. The third kappa shape index (κ3) is 5.10. The van der Waals surface area contributed by atoms with Crippen LogP contribution >= 0.6 is 0 Å². The van der Waals surface area contributed by atoms with E-state index in [9.17, 15) is 0 Å². The number of aliphatic imine (C=N–C) groups is 1. The molecular formula is C37H29NO. The van der Waals surface area contributed by atoms with Crippen molar-refractivity contribution in [3.63, 3.8) is 0 Å². The molecule has 2 nitrogen and oxygen atoms in total. The second kappa shape index (κ2) is 10.4. The number of para-hydroxylation sites is 1. The summed E-state index contributed by atoms with van der Waals surface area (Å²) in [5.74, 6) is 0. The average Bonchev–Trinajstić information content (AvgIpc) is 3.35. The fourth-order valence-corrected chi connectivity index (χ4v) is 4.89. The van der Waals surface area contributed by atoms with Crippen LogP contribution in [0.1, 0.15) is 29.2 Å². The van der Waals surface area contributed by atoms with Crippen molar-refractivity contribution >= 4 is 38.9 Å². The maximum atomic E-state index is 6.08. The number of nitrogens with zero attached hydrogens (tertiary/aromatic N) is 1. The van der Waals surface area contributed by atoms with Crippen molar-refractivity contribution in [2.75, 3.05) is 0 Å². The van der Waals surface area contributed by atoms with Gasteiger partial charge in [-0.15, -0.1) is 0 Å². The van der Waals surface area contributed by atoms with Crippen molar-refractivity contribution in [1.82, 2.24) is 0 Å². The molecule has 6 rings (SSSR count). The van der Waals surface area contributed by atoms with Crippen LogP contribution < -0.4 is 0 Å². The largest absolute Gasteiger partial charge is 0.456 e. The Hall–Kier alpha value is -4.95. The monoisotopic (exact) mass is 503 g/mol. The zero-order valence-electron chi connectivity index (χ0n) is 22.2. The van der Waals surface area contributed by atoms with Crippen LogP contribution in [-0.4, -0.2) is 5.71 Å². The normalized spacial score (nSPS) is 12.3. The van der Waals surface area contributed by atoms with Gasteiger partial charge in [0.05, 0.1) is 11.4 Å². The number of furan rings is 1. The summed E-state index contributed by atoms with van der Waals surface area (Å²) in [7, 11) is 0. The van der Waals surface area contributed by atoms with Gasteiger partial charge in [-0.25, -0.2) is 4.99 Å². The van der Waals surface area contributed by atoms with Gasteiger partial charge in [-0.05, 0) is 72.5 Å². The maximum Gasteiger partial charge on any atom is 0.135 e. The van der Waals surface area contributed by atoms with Gasteiger partial charge in [-0.3, -0.25) is 0 Å². The average molecular weight is 504 g/mol. The van der Waals surface area contributed by atoms with E-state index in [0.717, 1.165) is 49.9 Å². The molecule has 0 saturated heterocycles. The highest BCUT2D eigenvalue weighted by molar-refractivity contribution is 6.16. The Bertz CT molecular complexity index is 1870. The summed E-state index contributed by atoms with van der Waals surface area (Å²) in [5, 5.41) is 2.18. The third-order valence-corrected chi connectivity index (χ3v) is 7.09. The molecule has 2 heteroatoms. The van der Waals surface area contributed by atoms with Crippen LogP contribution in [0.2, 0.25) is 0 Å². The summed E-state index contributed by atoms with van der Waals surface area (Å²) >= 11 is 0. The van der Waals surface area contributed by atoms with Crippen LogP contribution in [0.3, 0.4) is 0 Å². The van der Waals surface area contributed by atoms with Crippen LogP contribution in [0, 0.1) is 6.92 Å². The first kappa shape index (κ1) is 24.4. The number of hydrogen-bond donors (Lipinski definition) is 0. The van der Waals surface area contributed by atoms with E-state index in [2.05, 4.69) is 117 Å². The molecule has 5 aromatic carbocycles. The second-order valence-corrected chi connectivity index (χ2v) is 9.89. The number of hydrogen-bond acceptors (Lipinski definition) is 2. The van der Waals surface area contributed by atoms with E-state index in [1.165, 1.54) is 16.7 Å². The minimum Gasteiger partial charge on any atom is -0.456 e. The highest BCUT2D eigenvalue weighted by Crippen LogP contribution is 2.31. The standard InChI is InChI=1S/C37H29NO/c1-25-16-18-28(19-17-25)26(2)22-35(32-20-21-37-34(24-32)33-14-7-8-15-36(33)39-37)38-27(3)30-12-9-13-31(23-30)29-10-5-4-6-11-29/h4-24H,3H2,1-2H3/b26-22+,38-35?. The topological polar surface area (TPSA) is 25.5 Å². The van der Waals surface area contributed by atoms with E-state index < -0.39 is 0 Å². The van der Waals surface area contributed by atoms with E-state index in [-0.39, 0.29) is 0 Å². The summed E-state index contributed by atoms with van der Waals surface area (Å²) < 4.78 is 6.08. The number of benzene rings is 5. The van der Waals surface area contributed by atoms with Gasteiger partial charge in [-0.2, -0.15) is 0 Å². The molecule has 0 aliphatic rings. The van der Waals surface area contributed by atoms with Gasteiger partial charge in [0.15, 0.2) is 0 Å². The molecule has 0 aliphatic heterocycles. The van der Waals surface area contributed by atoms with E-state index in [1.807, 2.05) is 30.3 Å². The molecule has 0 radical (unpaired) electrons. The molecule has 1 heterocycles. The molecule has 0 unspecified atom stereocenters. The van der Waals surface area contributed by atoms with Gasteiger partial charge in [0.25, 0.3) is 0 Å². The van der Waals surface area contributed by atoms with Crippen molar-refractivity contribution in [2.45, 2.75) is 13.8 Å². The zero-order valence-corrected chi connectivity index (χ0v) is 22.2. The zero-order chi connectivity index (χ0) is 26.8. The van der Waals surface area contributed by atoms with Gasteiger partial charge in [0.2, 0.25) is 0 Å². The number of aryl methyl sites for hydroxylation is 1. The fraction of sp³-hybridized carbons (Fsp3) is 0.0541. The Balaban J connectivity index is 1.46. The number of rotatable bonds is 6. The number of fused-ring (bicyclic) bond motifs is 3. The van der Waals surface area contributed by atoms with Gasteiger partial charge >= 0.3 is 0 Å². The van der Waals surface area contributed by atoms with Crippen LogP contribution in [0.4, 0.5) is 0 Å². The summed E-state index contributed by atoms with van der Waals surface area (Å²) in [6.45, 7) is 8.62. The van der Waals surface area contributed by atoms with Gasteiger partial charge < -0.3 is 4.42 Å². The van der Waals surface area contributed by atoms with Crippen molar-refractivity contribution in [3.8, 4) is 11.1 Å². The van der Waals surface area contributed by atoms with Gasteiger partial charge in [0, 0.05) is 21.9 Å². The van der Waals surface area contributed by atoms with Crippen LogP contribution in [0.15, 0.2) is 143 Å². The van der Waals surface area contributed by atoms with Crippen molar-refractivity contribution in [1.29, 1.82) is 0 Å². The molecule has 39 heavy (non-hydrogen) atoms. The van der Waals surface area contributed by atoms with Crippen LogP contribution in [0.5, 0.6) is 0 Å². The maximum absolute atomic E-state index is 6.08. The molecule has 0 saturated carbocycles. The molecule has 0 aliphatic carbocycles. The first-order chi connectivity index (χ1) is 19.0. The molecule has 188 valence electrons. The molecule has 0 atom stereocenters. The Morgan fingerprint density at radius 3 is 2.15 bits per heavy atom. The summed E-state index contributed by atoms with van der Waals surface area (Å²) in [6.07, 6.45) is 2.15. The second-order valence-electron chi connectivity index (χ2n) is 9.89. The molecule has 0 fully saturated rings. The lowest BCUT2D eigenvalue weighted by Crippen LogP contribution is -1.99. The lowest BCUT2D eigenvalue weighted by Gasteiger charge is -2.10. The van der Waals surface area contributed by atoms with Gasteiger partial charge in [0.1, 0.15) is 11.2 Å². The lowest BCUT2D eigenvalue weighted by molar-refractivity contribution is 0.669. The SMILES string of the molecule is C=C(N=C(/C=C(\C)c1ccc(C)cc1)c1ccc2oc3ccccc3c2c1)c1cccc(-c2ccccc2)c1. The highest BCUT2D eigenvalue weighted by atomic mass is 16.3. The van der Waals surface area contributed by atoms with Crippen molar-refractivity contribution in [3.05, 3.63) is 156 Å². The number of allylic oxidation sites excluding steroid dienone is 2. The van der Waals surface area contributed by atoms with E-state index in [4.69, 9.17) is 9.41 Å². The smallest absolute Gasteiger partial charge is 0.135 e. The minimum atomic E-state index is 0.716. The molecular weight excluding hydrogens is 474 g/mol. The Morgan fingerprint density at radius 2 is 1.33 bits per heavy atom. The predicted molar refractivity (Wildman–Crippen MR) is 166 cm³/mol. The summed E-state index contributed by atoms with van der Waals surface area (Å²) in [6, 6.07) is 41.8. The first-order valence-corrected chi connectivity index (χ1v) is 13.2. The minimum absolute atomic E-state index is 0.716. The molecule has 6 aromatic rings. The van der Waals surface area contributed by atoms with E-state index in [0.29, 0.717) is 5.70 Å². The van der Waals surface area contributed by atoms with Gasteiger partial charge in [-0.1, -0.05) is 103 Å². The van der Waals surface area contributed by atoms with Crippen molar-refractivity contribution < 1.29 is 4.42 Å². The lowest BCUT2D eigenvalue weighted by atomic mass is 9.99. The molecule has 0 spiro atoms. The first-order valence-electron chi connectivity index (χ1n) is 13.2. The van der Waals surface area contributed by atoms with Crippen LogP contribution in [-0.2, 0) is 0 Å². The molecule has 0 bridgehead atoms. The van der Waals surface area contributed by atoms with Crippen LogP contribution in [0.25, 0.3) is 44.3 Å². The van der Waals surface area contributed by atoms with E-state index in [1.54, 1.807) is 0 Å². The van der Waals surface area contributed by atoms with E-state index >= 15 is 0 Å². The molecule has 0 amide bonds. The van der Waals surface area contributed by atoms with Crippen molar-refractivity contribution in [2.24, 2.45) is 4.99 Å². The predicted octanol–water partition coefficient (Wildman–Crippen LogP) is 10.1. The molecule has 0 N–H and O–H groups in total. The Kier molecular flexibility index (Phi) is 6.52. The third-order valence-electron chi connectivity index (χ3n) is 7.09. The Morgan fingerprint density at radius 1 is 0.641 bits per heavy atom. The fourth-order valence-electron chi connectivity index (χ4n) is 4.89. The Labute approximate surface area is 229 Å². The highest BCUT2D eigenvalue weighted by Gasteiger charge is 2.11. The summed E-state index contributed by atoms with van der Waals surface area (Å²) in [4.78, 5) is 5.12.